The highest BCUT2D eigenvalue weighted by Crippen LogP contribution is 2.35. The first-order valence-electron chi connectivity index (χ1n) is 7.86. The molecule has 0 radical (unpaired) electrons. The van der Waals surface area contributed by atoms with Crippen molar-refractivity contribution in [2.75, 3.05) is 14.2 Å². The number of likely N-dealkylation sites (tertiary alicyclic amines) is 1. The van der Waals surface area contributed by atoms with Crippen LogP contribution in [0.3, 0.4) is 0 Å². The smallest absolute Gasteiger partial charge is 0.127 e. The molecule has 8 heteroatoms. The molecule has 0 aromatic heterocycles. The Bertz CT molecular complexity index is 521. The van der Waals surface area contributed by atoms with Crippen molar-refractivity contribution >= 4 is 31.4 Å². The first kappa shape index (κ1) is 17.4. The molecule has 1 aromatic rings. The number of benzene rings is 1. The highest BCUT2D eigenvalue weighted by molar-refractivity contribution is 6.44. The first-order valence-corrected chi connectivity index (χ1v) is 7.86. The summed E-state index contributed by atoms with van der Waals surface area (Å²) in [7, 11) is 12.2. The van der Waals surface area contributed by atoms with E-state index in [1.807, 2.05) is 12.1 Å². The number of hydrogen-bond acceptors (Lipinski definition) is 4. The van der Waals surface area contributed by atoms with Crippen LogP contribution in [0, 0.1) is 0 Å². The molecule has 0 bridgehead atoms. The van der Waals surface area contributed by atoms with Gasteiger partial charge in [-0.1, -0.05) is 6.07 Å². The third kappa shape index (κ3) is 3.49. The predicted octanol–water partition coefficient (Wildman–Crippen LogP) is -2.50. The fourth-order valence-corrected chi connectivity index (χ4v) is 3.85. The van der Waals surface area contributed by atoms with Crippen molar-refractivity contribution in [2.45, 2.75) is 36.2 Å². The summed E-state index contributed by atoms with van der Waals surface area (Å²) in [5.74, 6) is 1.64. The average molecular weight is 299 g/mol. The van der Waals surface area contributed by atoms with Gasteiger partial charge in [0, 0.05) is 18.2 Å². The van der Waals surface area contributed by atoms with E-state index in [4.69, 9.17) is 9.47 Å². The Hall–Kier alpha value is -1.00. The van der Waals surface area contributed by atoms with Crippen molar-refractivity contribution in [3.05, 3.63) is 23.8 Å². The summed E-state index contributed by atoms with van der Waals surface area (Å²) >= 11 is 0. The molecule has 1 heterocycles. The lowest BCUT2D eigenvalue weighted by atomic mass is 9.46. The van der Waals surface area contributed by atoms with E-state index < -0.39 is 0 Å². The fraction of sp³-hybridized carbons (Fsp3) is 0.571. The molecule has 0 amide bonds. The van der Waals surface area contributed by atoms with E-state index in [0.717, 1.165) is 36.4 Å². The second-order valence-corrected chi connectivity index (χ2v) is 7.45. The van der Waals surface area contributed by atoms with Crippen LogP contribution < -0.4 is 9.47 Å². The zero-order chi connectivity index (χ0) is 16.5. The van der Waals surface area contributed by atoms with E-state index in [1.54, 1.807) is 14.2 Å². The Morgan fingerprint density at radius 1 is 1.14 bits per heavy atom. The highest BCUT2D eigenvalue weighted by atomic mass is 16.5. The van der Waals surface area contributed by atoms with E-state index in [-0.39, 0.29) is 16.8 Å². The Kier molecular flexibility index (Phi) is 4.93. The summed E-state index contributed by atoms with van der Waals surface area (Å²) in [6.07, 6.45) is 1.34. The van der Waals surface area contributed by atoms with E-state index in [2.05, 4.69) is 42.4 Å². The number of aliphatic hydroxyl groups excluding tert-OH is 1. The summed E-state index contributed by atoms with van der Waals surface area (Å²) < 4.78 is 10.8. The molecule has 1 aliphatic heterocycles. The molecule has 116 valence electrons. The SMILES string of the molecule is BC1(B)CC(O)CC(B)(B)N1Cc1ccc(OC)cc1OC. The highest BCUT2D eigenvalue weighted by Gasteiger charge is 2.44. The van der Waals surface area contributed by atoms with Crippen molar-refractivity contribution in [2.24, 2.45) is 0 Å². The van der Waals surface area contributed by atoms with Crippen LogP contribution in [-0.2, 0) is 6.54 Å². The predicted molar refractivity (Wildman–Crippen MR) is 100.0 cm³/mol. The number of piperidine rings is 1. The number of rotatable bonds is 4. The van der Waals surface area contributed by atoms with Gasteiger partial charge in [0.2, 0.25) is 0 Å². The second-order valence-electron chi connectivity index (χ2n) is 7.45. The second kappa shape index (κ2) is 6.25. The van der Waals surface area contributed by atoms with Crippen LogP contribution in [0.25, 0.3) is 0 Å². The maximum absolute atomic E-state index is 10.2. The topological polar surface area (TPSA) is 41.9 Å². The Labute approximate surface area is 137 Å². The molecule has 0 saturated carbocycles. The summed E-state index contributed by atoms with van der Waals surface area (Å²) in [6, 6.07) is 5.96. The maximum Gasteiger partial charge on any atom is 0.127 e. The van der Waals surface area contributed by atoms with Gasteiger partial charge in [0.05, 0.1) is 20.3 Å². The lowest BCUT2D eigenvalue weighted by Gasteiger charge is -2.55. The van der Waals surface area contributed by atoms with Crippen LogP contribution in [0.5, 0.6) is 11.5 Å². The molecular weight excluding hydrogens is 273 g/mol. The number of aliphatic hydroxyl groups is 1. The van der Waals surface area contributed by atoms with Gasteiger partial charge in [0.1, 0.15) is 42.9 Å². The fourth-order valence-electron chi connectivity index (χ4n) is 3.85. The van der Waals surface area contributed by atoms with Gasteiger partial charge >= 0.3 is 0 Å². The molecule has 1 aromatic carbocycles. The number of ether oxygens (including phenoxy) is 2. The number of methoxy groups -OCH3 is 2. The Balaban J connectivity index is 2.32. The van der Waals surface area contributed by atoms with Gasteiger partial charge in [0.25, 0.3) is 0 Å². The van der Waals surface area contributed by atoms with Crippen LogP contribution in [-0.4, -0.2) is 72.4 Å². The van der Waals surface area contributed by atoms with E-state index in [1.165, 1.54) is 0 Å². The largest absolute Gasteiger partial charge is 0.497 e. The monoisotopic (exact) mass is 299 g/mol. The molecule has 0 atom stereocenters. The molecule has 1 saturated heterocycles. The van der Waals surface area contributed by atoms with E-state index in [9.17, 15) is 5.11 Å². The molecule has 0 spiro atoms. The first-order chi connectivity index (χ1) is 10.2. The van der Waals surface area contributed by atoms with Crippen LogP contribution in [0.15, 0.2) is 18.2 Å². The lowest BCUT2D eigenvalue weighted by Crippen LogP contribution is -2.67. The quantitative estimate of drug-likeness (QED) is 0.624. The third-order valence-corrected chi connectivity index (χ3v) is 4.75. The molecule has 1 N–H and O–H groups in total. The molecule has 1 aliphatic rings. The van der Waals surface area contributed by atoms with Crippen molar-refractivity contribution in [1.82, 2.24) is 4.90 Å². The maximum atomic E-state index is 10.2. The Morgan fingerprint density at radius 2 is 1.73 bits per heavy atom. The molecule has 4 nitrogen and oxygen atoms in total. The van der Waals surface area contributed by atoms with E-state index in [0.29, 0.717) is 0 Å². The van der Waals surface area contributed by atoms with Crippen molar-refractivity contribution < 1.29 is 14.6 Å². The van der Waals surface area contributed by atoms with Gasteiger partial charge in [0.15, 0.2) is 0 Å². The molecule has 0 aliphatic carbocycles. The summed E-state index contributed by atoms with van der Waals surface area (Å²) in [5.41, 5.74) is 1.14. The minimum atomic E-state index is -0.237. The zero-order valence-corrected chi connectivity index (χ0v) is 14.6. The number of nitrogens with zero attached hydrogens (tertiary/aromatic N) is 1. The van der Waals surface area contributed by atoms with Crippen LogP contribution >= 0.6 is 0 Å². The van der Waals surface area contributed by atoms with Crippen LogP contribution in [0.4, 0.5) is 0 Å². The molecule has 2 rings (SSSR count). The van der Waals surface area contributed by atoms with Gasteiger partial charge in [-0.3, -0.25) is 0 Å². The third-order valence-electron chi connectivity index (χ3n) is 4.75. The minimum absolute atomic E-state index is 0.0634. The molecule has 22 heavy (non-hydrogen) atoms. The van der Waals surface area contributed by atoms with Gasteiger partial charge in [-0.2, -0.15) is 0 Å². The van der Waals surface area contributed by atoms with Crippen LogP contribution in [0.1, 0.15) is 18.4 Å². The number of hydrogen-bond donors (Lipinski definition) is 1. The summed E-state index contributed by atoms with van der Waals surface area (Å²) in [5, 5.41) is 10.0. The molecule has 0 unspecified atom stereocenters. The standard InChI is InChI=1S/C14H25B4NO3/c1-21-11-4-3-9(12(5-11)22-2)8-19-13(15,16)6-10(20)7-14(19,17)18/h3-5,10,20H,6-8,15-18H2,1-2H3. The summed E-state index contributed by atoms with van der Waals surface area (Å²) in [6.45, 7) is 0.792. The molecular formula is C14H25B4NO3. The van der Waals surface area contributed by atoms with Crippen LogP contribution in [0.2, 0.25) is 0 Å². The lowest BCUT2D eigenvalue weighted by molar-refractivity contribution is 0.0190. The van der Waals surface area contributed by atoms with Crippen molar-refractivity contribution in [1.29, 1.82) is 0 Å². The summed E-state index contributed by atoms with van der Waals surface area (Å²) in [4.78, 5) is 2.47. The van der Waals surface area contributed by atoms with Crippen molar-refractivity contribution in [3.63, 3.8) is 0 Å². The van der Waals surface area contributed by atoms with Gasteiger partial charge in [-0.15, -0.1) is 0 Å². The zero-order valence-electron chi connectivity index (χ0n) is 14.6. The normalized spacial score (nSPS) is 21.4. The minimum Gasteiger partial charge on any atom is -0.497 e. The van der Waals surface area contributed by atoms with Gasteiger partial charge in [-0.05, 0) is 29.6 Å². The van der Waals surface area contributed by atoms with Crippen molar-refractivity contribution in [3.8, 4) is 11.5 Å². The Morgan fingerprint density at radius 3 is 2.23 bits per heavy atom. The average Bonchev–Trinajstić information content (AvgIpc) is 2.41. The van der Waals surface area contributed by atoms with E-state index >= 15 is 0 Å². The molecule has 1 fully saturated rings. The van der Waals surface area contributed by atoms with Gasteiger partial charge in [-0.25, -0.2) is 0 Å². The van der Waals surface area contributed by atoms with Gasteiger partial charge < -0.3 is 19.5 Å².